The molecule has 0 saturated heterocycles. The summed E-state index contributed by atoms with van der Waals surface area (Å²) in [5.74, 6) is -3.08. The van der Waals surface area contributed by atoms with Crippen molar-refractivity contribution in [2.75, 3.05) is 0 Å². The molecule has 0 aromatic rings. The van der Waals surface area contributed by atoms with E-state index in [1.807, 2.05) is 0 Å². The van der Waals surface area contributed by atoms with Gasteiger partial charge in [0.1, 0.15) is 0 Å². The summed E-state index contributed by atoms with van der Waals surface area (Å²) in [6.45, 7) is 0. The Labute approximate surface area is 113 Å². The van der Waals surface area contributed by atoms with Crippen molar-refractivity contribution >= 4 is 11.9 Å². The van der Waals surface area contributed by atoms with Crippen molar-refractivity contribution in [3.05, 3.63) is 0 Å². The van der Waals surface area contributed by atoms with Crippen molar-refractivity contribution in [1.82, 2.24) is 0 Å². The average molecular weight is 195 g/mol. The number of hydrogen-bond donors (Lipinski definition) is 1. The molecule has 0 saturated carbocycles. The van der Waals surface area contributed by atoms with E-state index in [1.165, 1.54) is 0 Å². The maximum absolute atomic E-state index is 9.71. The number of carbonyl (C=O) groups is 2. The van der Waals surface area contributed by atoms with E-state index in [1.54, 1.807) is 0 Å². The number of carboxylic acids is 2. The number of nitrogens with two attached hydrogens (primary N) is 1. The van der Waals surface area contributed by atoms with Crippen molar-refractivity contribution in [3.8, 4) is 0 Å². The first-order valence-electron chi connectivity index (χ1n) is 2.20. The minimum atomic E-state index is -1.58. The Morgan fingerprint density at radius 2 is 1.58 bits per heavy atom. The van der Waals surface area contributed by atoms with E-state index in [2.05, 4.69) is 0 Å². The summed E-state index contributed by atoms with van der Waals surface area (Å²) in [5, 5.41) is 19.3. The first-order chi connectivity index (χ1) is 4.04. The Balaban J connectivity index is -0.000000107. The van der Waals surface area contributed by atoms with E-state index < -0.39 is 24.4 Å². The summed E-state index contributed by atoms with van der Waals surface area (Å²) in [5.41, 5.74) is 4.73. The summed E-state index contributed by atoms with van der Waals surface area (Å²) in [7, 11) is 0. The van der Waals surface area contributed by atoms with Gasteiger partial charge in [-0.1, -0.05) is 0 Å². The van der Waals surface area contributed by atoms with Gasteiger partial charge in [0.25, 0.3) is 0 Å². The van der Waals surface area contributed by atoms with Crippen molar-refractivity contribution in [1.29, 1.82) is 0 Å². The molecule has 0 radical (unpaired) electrons. The minimum absolute atomic E-state index is 0. The molecule has 1 unspecified atom stereocenters. The van der Waals surface area contributed by atoms with Crippen molar-refractivity contribution in [2.24, 2.45) is 5.73 Å². The maximum atomic E-state index is 9.71. The van der Waals surface area contributed by atoms with E-state index >= 15 is 0 Å². The predicted octanol–water partition coefficient (Wildman–Crippen LogP) is -10.6. The molecule has 0 fully saturated rings. The van der Waals surface area contributed by atoms with E-state index in [0.717, 1.165) is 0 Å². The normalized spacial score (nSPS) is 9.42. The van der Waals surface area contributed by atoms with Gasteiger partial charge in [0.15, 0.2) is 0 Å². The number of carboxylic acid groups (broad SMARTS) is 2. The van der Waals surface area contributed by atoms with Crippen LogP contribution in [0.2, 0.25) is 0 Å². The first-order valence-corrected chi connectivity index (χ1v) is 2.20. The molecule has 0 aliphatic rings. The van der Waals surface area contributed by atoms with E-state index in [0.29, 0.717) is 0 Å². The molecule has 0 aliphatic carbocycles. The van der Waals surface area contributed by atoms with Gasteiger partial charge in [0.2, 0.25) is 0 Å². The van der Waals surface area contributed by atoms with Gasteiger partial charge in [0, 0.05) is 18.4 Å². The van der Waals surface area contributed by atoms with Gasteiger partial charge in [0.05, 0.1) is 5.97 Å². The summed E-state index contributed by atoms with van der Waals surface area (Å²) >= 11 is 0. The molecule has 0 heterocycles. The second-order valence-electron chi connectivity index (χ2n) is 1.50. The smallest absolute Gasteiger partial charge is 0.550 e. The van der Waals surface area contributed by atoms with Crippen LogP contribution in [-0.2, 0) is 9.59 Å². The predicted molar refractivity (Wildman–Crippen MR) is 26.2 cm³/mol. The largest absolute Gasteiger partial charge is 1.00 e. The van der Waals surface area contributed by atoms with Crippen LogP contribution in [0.4, 0.5) is 0 Å². The maximum Gasteiger partial charge on any atom is 1.00 e. The Bertz CT molecular complexity index is 141. The van der Waals surface area contributed by atoms with Gasteiger partial charge in [-0.15, -0.1) is 0 Å². The van der Waals surface area contributed by atoms with Crippen LogP contribution in [0.25, 0.3) is 0 Å². The van der Waals surface area contributed by atoms with E-state index in [9.17, 15) is 19.8 Å². The SMILES string of the molecule is NC(CC(=O)[O-])C(=O)[O-].O.[Na+].[Na+]. The average Bonchev–Trinajstić information content (AvgIpc) is 1.63. The molecule has 0 rings (SSSR count). The Morgan fingerprint density at radius 1 is 1.25 bits per heavy atom. The molecule has 0 aromatic heterocycles. The molecule has 0 aliphatic heterocycles. The molecular formula is C4H7NNa2O5. The molecule has 6 nitrogen and oxygen atoms in total. The zero-order chi connectivity index (χ0) is 7.44. The number of aliphatic carboxylic acids is 2. The van der Waals surface area contributed by atoms with Crippen LogP contribution in [0.5, 0.6) is 0 Å². The van der Waals surface area contributed by atoms with Gasteiger partial charge in [-0.2, -0.15) is 0 Å². The van der Waals surface area contributed by atoms with Crippen LogP contribution in [-0.4, -0.2) is 23.5 Å². The third kappa shape index (κ3) is 13.4. The molecule has 0 bridgehead atoms. The van der Waals surface area contributed by atoms with Crippen LogP contribution in [0.3, 0.4) is 0 Å². The summed E-state index contributed by atoms with van der Waals surface area (Å²) in [4.78, 5) is 19.3. The second kappa shape index (κ2) is 11.9. The Kier molecular flexibility index (Phi) is 22.8. The fourth-order valence-corrected chi connectivity index (χ4v) is 0.263. The zero-order valence-electron chi connectivity index (χ0n) is 6.99. The van der Waals surface area contributed by atoms with E-state index in [4.69, 9.17) is 5.73 Å². The van der Waals surface area contributed by atoms with Gasteiger partial charge in [-0.3, -0.25) is 0 Å². The summed E-state index contributed by atoms with van der Waals surface area (Å²) < 4.78 is 0. The fourth-order valence-electron chi connectivity index (χ4n) is 0.263. The molecule has 0 aromatic carbocycles. The van der Waals surface area contributed by atoms with Gasteiger partial charge in [-0.25, -0.2) is 0 Å². The standard InChI is InChI=1S/C4H7NO4.2Na.H2O/c5-2(4(8)9)1-3(6)7;;;/h2H,1,5H2,(H,6,7)(H,8,9);;;1H2/q;2*+1;/p-2. The fraction of sp³-hybridized carbons (Fsp3) is 0.500. The molecule has 8 heteroatoms. The zero-order valence-corrected chi connectivity index (χ0v) is 11.0. The molecule has 0 spiro atoms. The van der Waals surface area contributed by atoms with Gasteiger partial charge < -0.3 is 31.0 Å². The van der Waals surface area contributed by atoms with E-state index in [-0.39, 0.29) is 64.6 Å². The van der Waals surface area contributed by atoms with Gasteiger partial charge in [-0.05, 0) is 0 Å². The Morgan fingerprint density at radius 3 is 1.67 bits per heavy atom. The van der Waals surface area contributed by atoms with Crippen LogP contribution in [0, 0.1) is 0 Å². The van der Waals surface area contributed by atoms with Crippen molar-refractivity contribution in [3.63, 3.8) is 0 Å². The Hall–Kier alpha value is 0.860. The molecular weight excluding hydrogens is 188 g/mol. The quantitative estimate of drug-likeness (QED) is 0.445. The second-order valence-corrected chi connectivity index (χ2v) is 1.50. The molecule has 0 amide bonds. The van der Waals surface area contributed by atoms with Crippen molar-refractivity contribution < 1.29 is 84.4 Å². The van der Waals surface area contributed by atoms with Crippen LogP contribution < -0.4 is 75.1 Å². The van der Waals surface area contributed by atoms with Gasteiger partial charge >= 0.3 is 59.1 Å². The number of carbonyl (C=O) groups excluding carboxylic acids is 2. The number of hydrogen-bond acceptors (Lipinski definition) is 5. The molecule has 60 valence electrons. The topological polar surface area (TPSA) is 138 Å². The molecule has 1 atom stereocenters. The van der Waals surface area contributed by atoms with Crippen LogP contribution in [0.1, 0.15) is 6.42 Å². The summed E-state index contributed by atoms with van der Waals surface area (Å²) in [6, 6.07) is -1.46. The van der Waals surface area contributed by atoms with Crippen molar-refractivity contribution in [2.45, 2.75) is 12.5 Å². The third-order valence-corrected chi connectivity index (χ3v) is 0.689. The minimum Gasteiger partial charge on any atom is -0.550 e. The van der Waals surface area contributed by atoms with Crippen LogP contribution >= 0.6 is 0 Å². The molecule has 4 N–H and O–H groups in total. The van der Waals surface area contributed by atoms with Crippen LogP contribution in [0.15, 0.2) is 0 Å². The summed E-state index contributed by atoms with van der Waals surface area (Å²) in [6.07, 6.45) is -0.706. The number of rotatable bonds is 3. The first kappa shape index (κ1) is 23.0. The monoisotopic (exact) mass is 195 g/mol. The third-order valence-electron chi connectivity index (χ3n) is 0.689. The molecule has 12 heavy (non-hydrogen) atoms.